The van der Waals surface area contributed by atoms with E-state index in [4.69, 9.17) is 14.2 Å². The molecule has 1 saturated heterocycles. The van der Waals surface area contributed by atoms with E-state index < -0.39 is 24.0 Å². The van der Waals surface area contributed by atoms with Crippen LogP contribution in [0.15, 0.2) is 11.8 Å². The number of carboxylic acid groups (broad SMARTS) is 1. The molecule has 0 aromatic rings. The third kappa shape index (κ3) is 1.76. The quantitative estimate of drug-likeness (QED) is 0.754. The number of hydrogen-bond acceptors (Lipinski definition) is 5. The van der Waals surface area contributed by atoms with Crippen molar-refractivity contribution in [2.75, 3.05) is 14.1 Å². The molecular weight excluding hydrogens is 266 g/mol. The van der Waals surface area contributed by atoms with Crippen LogP contribution in [0.1, 0.15) is 13.3 Å². The summed E-state index contributed by atoms with van der Waals surface area (Å²) in [7, 11) is 3.15. The fraction of sp³-hybridized carbons (Fsp3) is 0.692. The maximum Gasteiger partial charge on any atom is 0.412 e. The first kappa shape index (κ1) is 13.2. The second-order valence-corrected chi connectivity index (χ2v) is 5.82. The van der Waals surface area contributed by atoms with E-state index in [0.717, 1.165) is 0 Å². The Balaban J connectivity index is 1.86. The minimum absolute atomic E-state index is 0.0162. The number of ether oxygens (including phenoxy) is 3. The highest BCUT2D eigenvalue weighted by Crippen LogP contribution is 2.60. The molecule has 3 aliphatic rings. The summed E-state index contributed by atoms with van der Waals surface area (Å²) in [5.41, 5.74) is -0.235. The van der Waals surface area contributed by atoms with Crippen molar-refractivity contribution in [1.29, 1.82) is 0 Å². The average Bonchev–Trinajstić information content (AvgIpc) is 2.91. The van der Waals surface area contributed by atoms with Crippen molar-refractivity contribution < 1.29 is 28.9 Å². The van der Waals surface area contributed by atoms with Gasteiger partial charge in [0.1, 0.15) is 5.60 Å². The van der Waals surface area contributed by atoms with Crippen LogP contribution in [-0.2, 0) is 19.0 Å². The minimum atomic E-state index is -0.998. The van der Waals surface area contributed by atoms with E-state index in [-0.39, 0.29) is 23.5 Å². The monoisotopic (exact) mass is 283 g/mol. The summed E-state index contributed by atoms with van der Waals surface area (Å²) in [5, 5.41) is 9.22. The molecule has 1 aliphatic carbocycles. The third-order valence-corrected chi connectivity index (χ3v) is 4.39. The molecule has 0 aromatic carbocycles. The van der Waals surface area contributed by atoms with Gasteiger partial charge in [-0.2, -0.15) is 0 Å². The zero-order chi connectivity index (χ0) is 14.7. The molecule has 0 spiro atoms. The lowest BCUT2D eigenvalue weighted by molar-refractivity contribution is -0.150. The maximum atomic E-state index is 11.7. The van der Waals surface area contributed by atoms with Crippen LogP contribution in [0.25, 0.3) is 0 Å². The molecule has 3 rings (SSSR count). The summed E-state index contributed by atoms with van der Waals surface area (Å²) in [6.07, 6.45) is 0.510. The van der Waals surface area contributed by atoms with E-state index in [9.17, 15) is 14.7 Å². The van der Waals surface area contributed by atoms with E-state index in [1.807, 2.05) is 6.92 Å². The van der Waals surface area contributed by atoms with E-state index >= 15 is 0 Å². The van der Waals surface area contributed by atoms with Crippen LogP contribution in [0, 0.1) is 11.8 Å². The lowest BCUT2D eigenvalue weighted by Crippen LogP contribution is -2.44. The number of fused-ring (bicyclic) bond motifs is 3. The molecule has 2 heterocycles. The van der Waals surface area contributed by atoms with Gasteiger partial charge in [-0.05, 0) is 13.3 Å². The molecule has 2 fully saturated rings. The van der Waals surface area contributed by atoms with Gasteiger partial charge in [0.05, 0.1) is 23.9 Å². The predicted octanol–water partition coefficient (Wildman–Crippen LogP) is 0.803. The van der Waals surface area contributed by atoms with Crippen molar-refractivity contribution in [2.24, 2.45) is 11.8 Å². The number of epoxide rings is 1. The predicted molar refractivity (Wildman–Crippen MR) is 65.6 cm³/mol. The summed E-state index contributed by atoms with van der Waals surface area (Å²) in [6.45, 7) is 1.91. The van der Waals surface area contributed by atoms with Gasteiger partial charge in [0, 0.05) is 20.0 Å². The lowest BCUT2D eigenvalue weighted by Gasteiger charge is -2.35. The zero-order valence-corrected chi connectivity index (χ0v) is 11.5. The van der Waals surface area contributed by atoms with E-state index in [1.54, 1.807) is 14.1 Å². The normalized spacial score (nSPS) is 40.9. The van der Waals surface area contributed by atoms with E-state index in [0.29, 0.717) is 6.42 Å². The average molecular weight is 283 g/mol. The van der Waals surface area contributed by atoms with Crippen LogP contribution < -0.4 is 0 Å². The van der Waals surface area contributed by atoms with Crippen molar-refractivity contribution in [1.82, 2.24) is 4.90 Å². The van der Waals surface area contributed by atoms with Crippen molar-refractivity contribution in [3.63, 3.8) is 0 Å². The first-order valence-electron chi connectivity index (χ1n) is 6.49. The topological polar surface area (TPSA) is 88.6 Å². The Morgan fingerprint density at radius 2 is 2.20 bits per heavy atom. The van der Waals surface area contributed by atoms with Gasteiger partial charge >= 0.3 is 12.1 Å². The van der Waals surface area contributed by atoms with Crippen molar-refractivity contribution in [3.05, 3.63) is 11.8 Å². The number of nitrogens with zero attached hydrogens (tertiary/aromatic N) is 1. The van der Waals surface area contributed by atoms with Crippen LogP contribution in [0.3, 0.4) is 0 Å². The van der Waals surface area contributed by atoms with Crippen LogP contribution in [-0.4, -0.2) is 54.2 Å². The number of carbonyl (C=O) groups excluding carboxylic acids is 1. The molecule has 0 radical (unpaired) electrons. The Hall–Kier alpha value is -1.76. The molecule has 110 valence electrons. The Bertz CT molecular complexity index is 501. The van der Waals surface area contributed by atoms with Crippen molar-refractivity contribution in [3.8, 4) is 0 Å². The van der Waals surface area contributed by atoms with E-state index in [1.165, 1.54) is 11.2 Å². The van der Waals surface area contributed by atoms with Gasteiger partial charge in [0.2, 0.25) is 0 Å². The number of carbonyl (C=O) groups is 2. The molecule has 7 heteroatoms. The zero-order valence-electron chi connectivity index (χ0n) is 11.5. The highest BCUT2D eigenvalue weighted by molar-refractivity contribution is 5.87. The van der Waals surface area contributed by atoms with Gasteiger partial charge in [0.15, 0.2) is 0 Å². The van der Waals surface area contributed by atoms with Crippen LogP contribution in [0.5, 0.6) is 0 Å². The molecule has 2 aliphatic heterocycles. The van der Waals surface area contributed by atoms with Gasteiger partial charge < -0.3 is 24.2 Å². The standard InChI is InChI=1S/C13H17NO6/c1-13-8(20-13)4-6-7(10(15)16)5-18-11(9(6)13)19-12(17)14(2)3/h5-6,8-9,11H,4H2,1-3H3,(H,15,16). The van der Waals surface area contributed by atoms with E-state index in [2.05, 4.69) is 0 Å². The van der Waals surface area contributed by atoms with Crippen LogP contribution in [0.4, 0.5) is 4.79 Å². The van der Waals surface area contributed by atoms with Crippen LogP contribution in [0.2, 0.25) is 0 Å². The fourth-order valence-electron chi connectivity index (χ4n) is 3.23. The molecule has 7 nitrogen and oxygen atoms in total. The molecule has 1 saturated carbocycles. The molecule has 20 heavy (non-hydrogen) atoms. The summed E-state index contributed by atoms with van der Waals surface area (Å²) in [4.78, 5) is 24.2. The summed E-state index contributed by atoms with van der Waals surface area (Å²) in [6, 6.07) is 0. The third-order valence-electron chi connectivity index (χ3n) is 4.39. The first-order chi connectivity index (χ1) is 9.34. The smallest absolute Gasteiger partial charge is 0.412 e. The van der Waals surface area contributed by atoms with Gasteiger partial charge in [-0.1, -0.05) is 0 Å². The Morgan fingerprint density at radius 3 is 2.80 bits per heavy atom. The fourth-order valence-corrected chi connectivity index (χ4v) is 3.23. The lowest BCUT2D eigenvalue weighted by atomic mass is 9.82. The number of carboxylic acids is 1. The second-order valence-electron chi connectivity index (χ2n) is 5.82. The molecule has 1 amide bonds. The van der Waals surface area contributed by atoms with Crippen molar-refractivity contribution in [2.45, 2.75) is 31.3 Å². The molecule has 5 atom stereocenters. The number of rotatable bonds is 2. The molecule has 1 N–H and O–H groups in total. The second kappa shape index (κ2) is 4.12. The summed E-state index contributed by atoms with van der Waals surface area (Å²) < 4.78 is 16.3. The van der Waals surface area contributed by atoms with Crippen molar-refractivity contribution >= 4 is 12.1 Å². The molecular formula is C13H17NO6. The van der Waals surface area contributed by atoms with Gasteiger partial charge in [0.25, 0.3) is 6.29 Å². The maximum absolute atomic E-state index is 11.7. The van der Waals surface area contributed by atoms with Crippen LogP contribution >= 0.6 is 0 Å². The largest absolute Gasteiger partial charge is 0.478 e. The first-order valence-corrected chi connectivity index (χ1v) is 6.49. The van der Waals surface area contributed by atoms with Gasteiger partial charge in [-0.3, -0.25) is 0 Å². The highest BCUT2D eigenvalue weighted by atomic mass is 16.7. The Kier molecular flexibility index (Phi) is 2.72. The molecule has 5 unspecified atom stereocenters. The van der Waals surface area contributed by atoms with Gasteiger partial charge in [-0.15, -0.1) is 0 Å². The summed E-state index contributed by atoms with van der Waals surface area (Å²) >= 11 is 0. The summed E-state index contributed by atoms with van der Waals surface area (Å²) in [5.74, 6) is -1.49. The number of amides is 1. The molecule has 0 aromatic heterocycles. The highest BCUT2D eigenvalue weighted by Gasteiger charge is 2.71. The minimum Gasteiger partial charge on any atom is -0.478 e. The Morgan fingerprint density at radius 1 is 1.50 bits per heavy atom. The van der Waals surface area contributed by atoms with Gasteiger partial charge in [-0.25, -0.2) is 9.59 Å². The SMILES string of the molecule is CN(C)C(=O)OC1OC=C(C(=O)O)C2CC3OC3(C)C12. The number of aliphatic carboxylic acids is 1. The molecule has 0 bridgehead atoms. The number of hydrogen-bond donors (Lipinski definition) is 1. The Labute approximate surface area is 116 Å².